The van der Waals surface area contributed by atoms with Crippen LogP contribution in [0.25, 0.3) is 0 Å². The topological polar surface area (TPSA) is 73.9 Å². The second kappa shape index (κ2) is 12.1. The molecule has 2 aromatic rings. The van der Waals surface area contributed by atoms with Crippen LogP contribution in [-0.2, 0) is 9.59 Å². The molecule has 1 aliphatic rings. The van der Waals surface area contributed by atoms with E-state index in [1.165, 1.54) is 6.07 Å². The van der Waals surface area contributed by atoms with Gasteiger partial charge < -0.3 is 19.9 Å². The molecule has 2 amide bonds. The maximum atomic E-state index is 12.5. The molecular formula is C24H27Cl3N4O3S. The zero-order chi connectivity index (χ0) is 25.7. The van der Waals surface area contributed by atoms with Gasteiger partial charge in [-0.1, -0.05) is 48.7 Å². The molecule has 2 aromatic carbocycles. The Morgan fingerprint density at radius 1 is 0.971 bits per heavy atom. The van der Waals surface area contributed by atoms with Crippen molar-refractivity contribution in [2.24, 2.45) is 5.92 Å². The quantitative estimate of drug-likeness (QED) is 0.474. The molecule has 0 saturated carbocycles. The first-order valence-electron chi connectivity index (χ1n) is 11.1. The molecule has 188 valence electrons. The van der Waals surface area contributed by atoms with Crippen LogP contribution in [0.1, 0.15) is 20.8 Å². The van der Waals surface area contributed by atoms with Crippen LogP contribution in [-0.4, -0.2) is 54.1 Å². The number of amides is 2. The molecule has 35 heavy (non-hydrogen) atoms. The minimum Gasteiger partial charge on any atom is -0.479 e. The predicted molar refractivity (Wildman–Crippen MR) is 146 cm³/mol. The molecule has 0 aromatic heterocycles. The van der Waals surface area contributed by atoms with E-state index in [9.17, 15) is 9.59 Å². The summed E-state index contributed by atoms with van der Waals surface area (Å²) in [7, 11) is 0. The van der Waals surface area contributed by atoms with Gasteiger partial charge in [-0.25, -0.2) is 0 Å². The van der Waals surface area contributed by atoms with Gasteiger partial charge in [0.2, 0.25) is 5.91 Å². The summed E-state index contributed by atoms with van der Waals surface area (Å²) in [5, 5.41) is 6.99. The standard InChI is InChI=1S/C24H27Cl3N4O3S/c1-14(2)23(33)31-10-8-30(9-11-31)20-6-5-17(13-18(20)26)28-24(35)29-22(32)15(3)34-21-7-4-16(25)12-19(21)27/h4-7,12-15H,8-11H2,1-3H3,(H2,28,29,32,35)/t15-/m0/s1. The molecule has 2 N–H and O–H groups in total. The number of nitrogens with zero attached hydrogens (tertiary/aromatic N) is 2. The fourth-order valence-electron chi connectivity index (χ4n) is 3.56. The van der Waals surface area contributed by atoms with Gasteiger partial charge in [-0.05, 0) is 55.5 Å². The van der Waals surface area contributed by atoms with E-state index in [1.807, 2.05) is 30.9 Å². The monoisotopic (exact) mass is 556 g/mol. The first kappa shape index (κ1) is 27.3. The van der Waals surface area contributed by atoms with Gasteiger partial charge in [0.05, 0.1) is 15.7 Å². The van der Waals surface area contributed by atoms with Crippen molar-refractivity contribution in [1.82, 2.24) is 10.2 Å². The summed E-state index contributed by atoms with van der Waals surface area (Å²) in [6.45, 7) is 8.13. The van der Waals surface area contributed by atoms with Gasteiger partial charge in [0.25, 0.3) is 5.91 Å². The van der Waals surface area contributed by atoms with Gasteiger partial charge in [-0.3, -0.25) is 14.9 Å². The highest BCUT2D eigenvalue weighted by atomic mass is 35.5. The zero-order valence-electron chi connectivity index (χ0n) is 19.6. The lowest BCUT2D eigenvalue weighted by molar-refractivity contribution is -0.134. The van der Waals surface area contributed by atoms with Crippen molar-refractivity contribution in [3.8, 4) is 5.75 Å². The average Bonchev–Trinajstić information content (AvgIpc) is 2.80. The Bertz CT molecular complexity index is 1110. The number of halogens is 3. The van der Waals surface area contributed by atoms with Crippen LogP contribution in [0.5, 0.6) is 5.75 Å². The minimum absolute atomic E-state index is 0.00962. The lowest BCUT2D eigenvalue weighted by Crippen LogP contribution is -2.50. The lowest BCUT2D eigenvalue weighted by atomic mass is 10.1. The third-order valence-electron chi connectivity index (χ3n) is 5.44. The van der Waals surface area contributed by atoms with E-state index in [0.717, 1.165) is 5.69 Å². The second-order valence-corrected chi connectivity index (χ2v) is 10.1. The highest BCUT2D eigenvalue weighted by molar-refractivity contribution is 7.80. The highest BCUT2D eigenvalue weighted by Crippen LogP contribution is 2.30. The Morgan fingerprint density at radius 2 is 1.66 bits per heavy atom. The van der Waals surface area contributed by atoms with Crippen molar-refractivity contribution in [1.29, 1.82) is 0 Å². The van der Waals surface area contributed by atoms with Crippen LogP contribution in [0.2, 0.25) is 15.1 Å². The van der Waals surface area contributed by atoms with Crippen molar-refractivity contribution < 1.29 is 14.3 Å². The summed E-state index contributed by atoms with van der Waals surface area (Å²) in [6.07, 6.45) is -0.847. The molecule has 1 saturated heterocycles. The maximum Gasteiger partial charge on any atom is 0.266 e. The van der Waals surface area contributed by atoms with Crippen LogP contribution < -0.4 is 20.3 Å². The molecule has 0 radical (unpaired) electrons. The molecule has 1 heterocycles. The number of anilines is 2. The summed E-state index contributed by atoms with van der Waals surface area (Å²) >= 11 is 23.8. The molecule has 0 aliphatic carbocycles. The fraction of sp³-hybridized carbons (Fsp3) is 0.375. The molecule has 1 atom stereocenters. The molecule has 1 aliphatic heterocycles. The van der Waals surface area contributed by atoms with Gasteiger partial charge in [0.15, 0.2) is 11.2 Å². The molecular weight excluding hydrogens is 531 g/mol. The molecule has 11 heteroatoms. The molecule has 0 unspecified atom stereocenters. The van der Waals surface area contributed by atoms with E-state index in [2.05, 4.69) is 15.5 Å². The van der Waals surface area contributed by atoms with Gasteiger partial charge >= 0.3 is 0 Å². The number of hydrogen-bond acceptors (Lipinski definition) is 5. The Labute approximate surface area is 225 Å². The number of thiocarbonyl (C=S) groups is 1. The predicted octanol–water partition coefficient (Wildman–Crippen LogP) is 5.23. The molecule has 0 spiro atoms. The summed E-state index contributed by atoms with van der Waals surface area (Å²) in [5.41, 5.74) is 1.51. The summed E-state index contributed by atoms with van der Waals surface area (Å²) in [6, 6.07) is 10.2. The van der Waals surface area contributed by atoms with Crippen molar-refractivity contribution in [2.45, 2.75) is 26.9 Å². The number of benzene rings is 2. The Hall–Kier alpha value is -2.26. The first-order chi connectivity index (χ1) is 16.5. The number of ether oxygens (including phenoxy) is 1. The molecule has 0 bridgehead atoms. The second-order valence-electron chi connectivity index (χ2n) is 8.41. The average molecular weight is 558 g/mol. The number of rotatable bonds is 6. The van der Waals surface area contributed by atoms with Crippen LogP contribution in [0.3, 0.4) is 0 Å². The summed E-state index contributed by atoms with van der Waals surface area (Å²) in [4.78, 5) is 28.7. The third kappa shape index (κ3) is 7.36. The van der Waals surface area contributed by atoms with Crippen LogP contribution in [0.4, 0.5) is 11.4 Å². The van der Waals surface area contributed by atoms with E-state index in [0.29, 0.717) is 52.7 Å². The lowest BCUT2D eigenvalue weighted by Gasteiger charge is -2.37. The van der Waals surface area contributed by atoms with Gasteiger partial charge in [0, 0.05) is 42.8 Å². The summed E-state index contributed by atoms with van der Waals surface area (Å²) in [5.74, 6) is 0.0610. The van der Waals surface area contributed by atoms with E-state index < -0.39 is 12.0 Å². The number of carbonyl (C=O) groups excluding carboxylic acids is 2. The summed E-state index contributed by atoms with van der Waals surface area (Å²) < 4.78 is 5.61. The maximum absolute atomic E-state index is 12.5. The van der Waals surface area contributed by atoms with Gasteiger partial charge in [0.1, 0.15) is 5.75 Å². The normalized spacial score (nSPS) is 14.5. The fourth-order valence-corrected chi connectivity index (χ4v) is 4.54. The zero-order valence-corrected chi connectivity index (χ0v) is 22.7. The van der Waals surface area contributed by atoms with Crippen molar-refractivity contribution in [3.63, 3.8) is 0 Å². The van der Waals surface area contributed by atoms with Crippen molar-refractivity contribution >= 4 is 75.3 Å². The molecule has 3 rings (SSSR count). The SMILES string of the molecule is CC(C)C(=O)N1CCN(c2ccc(NC(=S)NC(=O)[C@H](C)Oc3ccc(Cl)cc3Cl)cc2Cl)CC1. The van der Waals surface area contributed by atoms with E-state index in [4.69, 9.17) is 51.8 Å². The van der Waals surface area contributed by atoms with Crippen molar-refractivity contribution in [3.05, 3.63) is 51.5 Å². The Kier molecular flexibility index (Phi) is 9.47. The smallest absolute Gasteiger partial charge is 0.266 e. The van der Waals surface area contributed by atoms with Crippen LogP contribution in [0, 0.1) is 5.92 Å². The van der Waals surface area contributed by atoms with E-state index in [1.54, 1.807) is 25.1 Å². The molecule has 7 nitrogen and oxygen atoms in total. The van der Waals surface area contributed by atoms with E-state index in [-0.39, 0.29) is 16.9 Å². The highest BCUT2D eigenvalue weighted by Gasteiger charge is 2.24. The largest absolute Gasteiger partial charge is 0.479 e. The van der Waals surface area contributed by atoms with Crippen LogP contribution in [0.15, 0.2) is 36.4 Å². The number of hydrogen-bond donors (Lipinski definition) is 2. The molecule has 1 fully saturated rings. The third-order valence-corrected chi connectivity index (χ3v) is 6.47. The Morgan fingerprint density at radius 3 is 2.26 bits per heavy atom. The van der Waals surface area contributed by atoms with Gasteiger partial charge in [-0.2, -0.15) is 0 Å². The number of nitrogens with one attached hydrogen (secondary N) is 2. The number of carbonyl (C=O) groups is 2. The van der Waals surface area contributed by atoms with Gasteiger partial charge in [-0.15, -0.1) is 0 Å². The van der Waals surface area contributed by atoms with Crippen molar-refractivity contribution in [2.75, 3.05) is 36.4 Å². The Balaban J connectivity index is 1.53. The number of piperazine rings is 1. The minimum atomic E-state index is -0.847. The van der Waals surface area contributed by atoms with Crippen LogP contribution >= 0.6 is 47.0 Å². The first-order valence-corrected chi connectivity index (χ1v) is 12.7. The van der Waals surface area contributed by atoms with E-state index >= 15 is 0 Å².